The minimum Gasteiger partial charge on any atom is -0.460 e. The fourth-order valence-corrected chi connectivity index (χ4v) is 9.10. The van der Waals surface area contributed by atoms with Crippen LogP contribution >= 0.6 is 11.6 Å². The van der Waals surface area contributed by atoms with E-state index in [2.05, 4.69) is 6.92 Å². The average Bonchev–Trinajstić information content (AvgIpc) is 2.92. The first kappa shape index (κ1) is 25.4. The summed E-state index contributed by atoms with van der Waals surface area (Å²) in [6.45, 7) is 7.91. The number of hydrogen-bond acceptors (Lipinski definition) is 7. The zero-order chi connectivity index (χ0) is 25.4. The molecule has 5 rings (SSSR count). The summed E-state index contributed by atoms with van der Waals surface area (Å²) in [7, 11) is 0. The van der Waals surface area contributed by atoms with Crippen molar-refractivity contribution in [1.29, 1.82) is 0 Å². The van der Waals surface area contributed by atoms with E-state index < -0.39 is 51.1 Å². The first-order valence-electron chi connectivity index (χ1n) is 13.1. The van der Waals surface area contributed by atoms with E-state index in [1.807, 2.05) is 13.8 Å². The lowest BCUT2D eigenvalue weighted by atomic mass is 9.43. The SMILES string of the molecule is CCCCOC(=O)C(=O)[C@@]12CC[C@@]3(OC(C)O1)[C@@H]1CCC4=CC(=O)CC[C@]4(C)[C@@]1(Cl)[C@@H](O)C[C@]23C. The number of carbonyl (C=O) groups is 3. The average molecular weight is 509 g/mol. The number of halogens is 1. The van der Waals surface area contributed by atoms with Crippen LogP contribution in [0.15, 0.2) is 11.6 Å². The Hall–Kier alpha value is -1.28. The molecular formula is C27H37ClO7. The van der Waals surface area contributed by atoms with Crippen LogP contribution < -0.4 is 0 Å². The van der Waals surface area contributed by atoms with Crippen molar-refractivity contribution in [3.8, 4) is 0 Å². The van der Waals surface area contributed by atoms with Gasteiger partial charge in [0.25, 0.3) is 5.78 Å². The third-order valence-electron chi connectivity index (χ3n) is 10.3. The number of aliphatic hydroxyl groups is 1. The van der Waals surface area contributed by atoms with Crippen LogP contribution in [0, 0.1) is 16.7 Å². The van der Waals surface area contributed by atoms with Crippen molar-refractivity contribution < 1.29 is 33.7 Å². The van der Waals surface area contributed by atoms with Gasteiger partial charge in [0.15, 0.2) is 12.1 Å². The molecule has 0 aromatic heterocycles. The van der Waals surface area contributed by atoms with Crippen LogP contribution in [0.4, 0.5) is 0 Å². The van der Waals surface area contributed by atoms with E-state index in [0.717, 1.165) is 12.0 Å². The van der Waals surface area contributed by atoms with Gasteiger partial charge in [-0.3, -0.25) is 9.59 Å². The van der Waals surface area contributed by atoms with Gasteiger partial charge in [-0.2, -0.15) is 0 Å². The second-order valence-electron chi connectivity index (χ2n) is 11.7. The molecule has 1 aliphatic heterocycles. The topological polar surface area (TPSA) is 99.1 Å². The lowest BCUT2D eigenvalue weighted by Crippen LogP contribution is -2.78. The predicted molar refractivity (Wildman–Crippen MR) is 128 cm³/mol. The molecule has 8 heteroatoms. The van der Waals surface area contributed by atoms with E-state index in [4.69, 9.17) is 25.8 Å². The highest BCUT2D eigenvalue weighted by atomic mass is 35.5. The number of ketones is 2. The Morgan fingerprint density at radius 3 is 2.66 bits per heavy atom. The molecule has 0 radical (unpaired) electrons. The number of esters is 1. The van der Waals surface area contributed by atoms with Gasteiger partial charge in [-0.05, 0) is 57.9 Å². The molecule has 4 fully saturated rings. The molecule has 1 saturated heterocycles. The first-order chi connectivity index (χ1) is 16.4. The molecule has 7 nitrogen and oxygen atoms in total. The summed E-state index contributed by atoms with van der Waals surface area (Å²) in [5.74, 6) is -1.74. The van der Waals surface area contributed by atoms with Gasteiger partial charge in [-0.1, -0.05) is 32.8 Å². The Labute approximate surface area is 211 Å². The summed E-state index contributed by atoms with van der Waals surface area (Å²) in [6.07, 6.45) is 4.81. The Balaban J connectivity index is 1.59. The second kappa shape index (κ2) is 8.11. The molecule has 2 bridgehead atoms. The molecule has 194 valence electrons. The number of alkyl halides is 1. The molecule has 0 aromatic carbocycles. The van der Waals surface area contributed by atoms with E-state index in [1.54, 1.807) is 13.0 Å². The van der Waals surface area contributed by atoms with Crippen molar-refractivity contribution in [2.75, 3.05) is 6.61 Å². The highest BCUT2D eigenvalue weighted by Gasteiger charge is 2.83. The maximum atomic E-state index is 13.7. The number of unbranched alkanes of at least 4 members (excludes halogenated alkanes) is 1. The van der Waals surface area contributed by atoms with Crippen LogP contribution in [0.2, 0.25) is 0 Å². The number of ether oxygens (including phenoxy) is 3. The van der Waals surface area contributed by atoms with Gasteiger partial charge >= 0.3 is 5.97 Å². The molecular weight excluding hydrogens is 472 g/mol. The van der Waals surface area contributed by atoms with Crippen LogP contribution in [0.3, 0.4) is 0 Å². The highest BCUT2D eigenvalue weighted by Crippen LogP contribution is 2.75. The van der Waals surface area contributed by atoms with E-state index in [9.17, 15) is 19.5 Å². The Morgan fingerprint density at radius 1 is 1.20 bits per heavy atom. The van der Waals surface area contributed by atoms with E-state index in [0.29, 0.717) is 44.9 Å². The molecule has 35 heavy (non-hydrogen) atoms. The van der Waals surface area contributed by atoms with Crippen LogP contribution in [0.1, 0.15) is 85.5 Å². The third-order valence-corrected chi connectivity index (χ3v) is 11.3. The summed E-state index contributed by atoms with van der Waals surface area (Å²) in [4.78, 5) is 37.8. The molecule has 0 aromatic rings. The van der Waals surface area contributed by atoms with Crippen LogP contribution in [0.5, 0.6) is 0 Å². The van der Waals surface area contributed by atoms with Crippen molar-refractivity contribution in [1.82, 2.24) is 0 Å². The summed E-state index contributed by atoms with van der Waals surface area (Å²) in [5.41, 5.74) is -2.81. The quantitative estimate of drug-likeness (QED) is 0.259. The lowest BCUT2D eigenvalue weighted by Gasteiger charge is -2.70. The van der Waals surface area contributed by atoms with Crippen molar-refractivity contribution in [3.63, 3.8) is 0 Å². The van der Waals surface area contributed by atoms with Gasteiger partial charge in [0.2, 0.25) is 0 Å². The minimum absolute atomic E-state index is 0.104. The van der Waals surface area contributed by atoms with Gasteiger partial charge in [0.05, 0.1) is 23.2 Å². The van der Waals surface area contributed by atoms with Gasteiger partial charge in [0, 0.05) is 23.2 Å². The van der Waals surface area contributed by atoms with Crippen molar-refractivity contribution >= 4 is 29.1 Å². The molecule has 0 amide bonds. The summed E-state index contributed by atoms with van der Waals surface area (Å²) in [5, 5.41) is 11.8. The largest absolute Gasteiger partial charge is 0.460 e. The normalized spacial score (nSPS) is 48.3. The van der Waals surface area contributed by atoms with Crippen LogP contribution in [-0.2, 0) is 28.6 Å². The summed E-state index contributed by atoms with van der Waals surface area (Å²) in [6, 6.07) is 0. The number of allylic oxidation sites excluding steroid dienone is 1. The highest BCUT2D eigenvalue weighted by molar-refractivity contribution is 6.37. The number of fused-ring (bicyclic) bond motifs is 3. The summed E-state index contributed by atoms with van der Waals surface area (Å²) >= 11 is 7.58. The number of Topliss-reactive ketones (excluding diaryl/α,β-unsaturated/α-hetero) is 1. The van der Waals surface area contributed by atoms with Gasteiger partial charge in [0.1, 0.15) is 5.60 Å². The molecule has 1 unspecified atom stereocenters. The van der Waals surface area contributed by atoms with Gasteiger partial charge in [-0.25, -0.2) is 4.79 Å². The number of hydrogen-bond donors (Lipinski definition) is 1. The van der Waals surface area contributed by atoms with Gasteiger partial charge in [-0.15, -0.1) is 11.6 Å². The van der Waals surface area contributed by atoms with E-state index in [1.165, 1.54) is 0 Å². The molecule has 8 atom stereocenters. The van der Waals surface area contributed by atoms with E-state index in [-0.39, 0.29) is 24.7 Å². The van der Waals surface area contributed by atoms with Crippen molar-refractivity contribution in [2.24, 2.45) is 16.7 Å². The number of aliphatic hydroxyl groups excluding tert-OH is 1. The Kier molecular flexibility index (Phi) is 5.88. The second-order valence-corrected chi connectivity index (χ2v) is 12.3. The lowest BCUT2D eigenvalue weighted by molar-refractivity contribution is -0.369. The van der Waals surface area contributed by atoms with Crippen LogP contribution in [-0.4, -0.2) is 57.7 Å². The van der Waals surface area contributed by atoms with Gasteiger partial charge < -0.3 is 19.3 Å². The molecule has 4 aliphatic carbocycles. The Bertz CT molecular complexity index is 994. The molecule has 1 heterocycles. The van der Waals surface area contributed by atoms with Crippen molar-refractivity contribution in [2.45, 2.75) is 114 Å². The predicted octanol–water partition coefficient (Wildman–Crippen LogP) is 4.02. The maximum absolute atomic E-state index is 13.7. The van der Waals surface area contributed by atoms with E-state index >= 15 is 0 Å². The zero-order valence-electron chi connectivity index (χ0n) is 21.2. The molecule has 0 spiro atoms. The molecule has 5 aliphatic rings. The molecule has 3 saturated carbocycles. The summed E-state index contributed by atoms with van der Waals surface area (Å²) < 4.78 is 18.2. The minimum atomic E-state index is -1.44. The fraction of sp³-hybridized carbons (Fsp3) is 0.815. The third kappa shape index (κ3) is 2.98. The zero-order valence-corrected chi connectivity index (χ0v) is 21.9. The maximum Gasteiger partial charge on any atom is 0.377 e. The smallest absolute Gasteiger partial charge is 0.377 e. The Morgan fingerprint density at radius 2 is 1.94 bits per heavy atom. The first-order valence-corrected chi connectivity index (χ1v) is 13.5. The van der Waals surface area contributed by atoms with Crippen LogP contribution in [0.25, 0.3) is 0 Å². The number of carbonyl (C=O) groups excluding carboxylic acids is 3. The standard InChI is InChI=1S/C27H37ClO7/c1-5-6-13-33-22(32)21(31)26-12-11-25(34-16(2)35-26)19-8-7-17-14-18(29)9-10-23(17,3)27(19,28)20(30)15-24(25,26)4/h14,16,19-20,30H,5-13,15H2,1-4H3/t16?,19-,20-,23-,24-,25+,26+,27-/m0/s1. The molecule has 1 N–H and O–H groups in total. The number of rotatable bonds is 5. The monoisotopic (exact) mass is 508 g/mol. The van der Waals surface area contributed by atoms with Crippen molar-refractivity contribution in [3.05, 3.63) is 11.6 Å². The fourth-order valence-electron chi connectivity index (χ4n) is 8.52.